The quantitative estimate of drug-likeness (QED) is 0.795. The normalized spacial score (nSPS) is 31.9. The molecule has 4 nitrogen and oxygen atoms in total. The van der Waals surface area contributed by atoms with Gasteiger partial charge in [-0.2, -0.15) is 5.26 Å². The second kappa shape index (κ2) is 5.50. The summed E-state index contributed by atoms with van der Waals surface area (Å²) in [6, 6.07) is 2.91. The van der Waals surface area contributed by atoms with E-state index in [0.29, 0.717) is 6.04 Å². The molecule has 0 radical (unpaired) electrons. The van der Waals surface area contributed by atoms with Crippen molar-refractivity contribution < 1.29 is 9.90 Å². The summed E-state index contributed by atoms with van der Waals surface area (Å²) < 4.78 is 0. The first-order valence-electron chi connectivity index (χ1n) is 6.57. The Kier molecular flexibility index (Phi) is 4.01. The van der Waals surface area contributed by atoms with Crippen LogP contribution in [0.3, 0.4) is 0 Å². The molecule has 1 saturated heterocycles. The number of rotatable bonds is 2. The number of aliphatic carboxylic acids is 1. The van der Waals surface area contributed by atoms with E-state index >= 15 is 0 Å². The molecule has 94 valence electrons. The van der Waals surface area contributed by atoms with Crippen LogP contribution in [0.25, 0.3) is 0 Å². The predicted octanol–water partition coefficient (Wildman–Crippen LogP) is 1.87. The zero-order valence-corrected chi connectivity index (χ0v) is 10.1. The summed E-state index contributed by atoms with van der Waals surface area (Å²) >= 11 is 0. The molecule has 0 spiro atoms. The minimum absolute atomic E-state index is 0.122. The summed E-state index contributed by atoms with van der Waals surface area (Å²) in [6.45, 7) is 2.03. The van der Waals surface area contributed by atoms with E-state index in [-0.39, 0.29) is 11.8 Å². The summed E-state index contributed by atoms with van der Waals surface area (Å²) in [5.41, 5.74) is 0. The summed E-state index contributed by atoms with van der Waals surface area (Å²) in [5.74, 6) is -0.517. The Morgan fingerprint density at radius 3 is 2.18 bits per heavy atom. The fourth-order valence-corrected chi connectivity index (χ4v) is 3.08. The van der Waals surface area contributed by atoms with Crippen LogP contribution in [0.1, 0.15) is 38.5 Å². The molecule has 2 aliphatic rings. The van der Waals surface area contributed by atoms with Gasteiger partial charge in [0.05, 0.1) is 12.0 Å². The van der Waals surface area contributed by atoms with E-state index in [1.54, 1.807) is 0 Å². The Hall–Kier alpha value is -1.08. The molecule has 1 aliphatic heterocycles. The molecule has 1 N–H and O–H groups in total. The number of hydrogen-bond acceptors (Lipinski definition) is 3. The predicted molar refractivity (Wildman–Crippen MR) is 63.3 cm³/mol. The third-order valence-corrected chi connectivity index (χ3v) is 4.27. The molecule has 2 fully saturated rings. The van der Waals surface area contributed by atoms with Gasteiger partial charge in [-0.25, -0.2) is 0 Å². The third kappa shape index (κ3) is 2.98. The van der Waals surface area contributed by atoms with Gasteiger partial charge in [0.15, 0.2) is 0 Å². The second-order valence-corrected chi connectivity index (χ2v) is 5.28. The molecule has 17 heavy (non-hydrogen) atoms. The lowest BCUT2D eigenvalue weighted by Crippen LogP contribution is -2.43. The molecular weight excluding hydrogens is 216 g/mol. The first-order valence-corrected chi connectivity index (χ1v) is 6.57. The van der Waals surface area contributed by atoms with Gasteiger partial charge < -0.3 is 10.0 Å². The fourth-order valence-electron chi connectivity index (χ4n) is 3.08. The highest BCUT2D eigenvalue weighted by Crippen LogP contribution is 2.30. The smallest absolute Gasteiger partial charge is 0.306 e. The van der Waals surface area contributed by atoms with Crippen molar-refractivity contribution in [2.24, 2.45) is 11.8 Å². The number of nitriles is 1. The van der Waals surface area contributed by atoms with Crippen molar-refractivity contribution in [3.63, 3.8) is 0 Å². The molecule has 0 aromatic rings. The maximum atomic E-state index is 10.9. The lowest BCUT2D eigenvalue weighted by Gasteiger charge is -2.39. The first kappa shape index (κ1) is 12.4. The van der Waals surface area contributed by atoms with E-state index < -0.39 is 5.97 Å². The average Bonchev–Trinajstić information content (AvgIpc) is 2.39. The van der Waals surface area contributed by atoms with Crippen LogP contribution < -0.4 is 0 Å². The maximum absolute atomic E-state index is 10.9. The largest absolute Gasteiger partial charge is 0.481 e. The monoisotopic (exact) mass is 236 g/mol. The summed E-state index contributed by atoms with van der Waals surface area (Å²) in [6.07, 6.45) is 5.61. The van der Waals surface area contributed by atoms with E-state index in [1.807, 2.05) is 0 Å². The van der Waals surface area contributed by atoms with Gasteiger partial charge in [0.2, 0.25) is 0 Å². The van der Waals surface area contributed by atoms with Gasteiger partial charge in [-0.1, -0.05) is 0 Å². The zero-order chi connectivity index (χ0) is 12.3. The first-order chi connectivity index (χ1) is 8.20. The zero-order valence-electron chi connectivity index (χ0n) is 10.1. The van der Waals surface area contributed by atoms with Gasteiger partial charge in [0.1, 0.15) is 0 Å². The Bertz CT molecular complexity index is 308. The van der Waals surface area contributed by atoms with Gasteiger partial charge in [-0.15, -0.1) is 0 Å². The van der Waals surface area contributed by atoms with Crippen molar-refractivity contribution in [3.8, 4) is 6.07 Å². The number of carboxylic acids is 1. The van der Waals surface area contributed by atoms with Crippen LogP contribution in [-0.4, -0.2) is 35.1 Å². The van der Waals surface area contributed by atoms with Crippen LogP contribution in [0.4, 0.5) is 0 Å². The molecule has 2 rings (SSSR count). The third-order valence-electron chi connectivity index (χ3n) is 4.27. The Labute approximate surface area is 102 Å². The van der Waals surface area contributed by atoms with E-state index in [0.717, 1.165) is 51.6 Å². The van der Waals surface area contributed by atoms with Crippen LogP contribution in [0, 0.1) is 23.2 Å². The van der Waals surface area contributed by atoms with Crippen molar-refractivity contribution >= 4 is 5.97 Å². The van der Waals surface area contributed by atoms with Gasteiger partial charge in [-0.05, 0) is 51.6 Å². The number of likely N-dealkylation sites (tertiary alicyclic amines) is 1. The molecular formula is C13H20N2O2. The fraction of sp³-hybridized carbons (Fsp3) is 0.846. The maximum Gasteiger partial charge on any atom is 0.306 e. The second-order valence-electron chi connectivity index (χ2n) is 5.28. The molecule has 0 aromatic carbocycles. The summed E-state index contributed by atoms with van der Waals surface area (Å²) in [7, 11) is 0. The van der Waals surface area contributed by atoms with E-state index in [9.17, 15) is 4.79 Å². The molecule has 1 aliphatic carbocycles. The number of hydrogen-bond donors (Lipinski definition) is 1. The minimum atomic E-state index is -0.633. The van der Waals surface area contributed by atoms with Crippen molar-refractivity contribution in [1.82, 2.24) is 4.90 Å². The highest BCUT2D eigenvalue weighted by atomic mass is 16.4. The molecule has 1 saturated carbocycles. The molecule has 4 heteroatoms. The Morgan fingerprint density at radius 1 is 1.12 bits per heavy atom. The van der Waals surface area contributed by atoms with Gasteiger partial charge in [0, 0.05) is 12.0 Å². The topological polar surface area (TPSA) is 64.3 Å². The molecule has 0 bridgehead atoms. The van der Waals surface area contributed by atoms with Crippen molar-refractivity contribution in [3.05, 3.63) is 0 Å². The summed E-state index contributed by atoms with van der Waals surface area (Å²) in [5, 5.41) is 17.8. The number of carbonyl (C=O) groups is 1. The molecule has 0 amide bonds. The highest BCUT2D eigenvalue weighted by Gasteiger charge is 2.31. The van der Waals surface area contributed by atoms with Crippen LogP contribution >= 0.6 is 0 Å². The Balaban J connectivity index is 1.78. The van der Waals surface area contributed by atoms with E-state index in [4.69, 9.17) is 10.4 Å². The molecule has 0 atom stereocenters. The number of nitrogens with zero attached hydrogens (tertiary/aromatic N) is 2. The number of carboxylic acid groups (broad SMARTS) is 1. The van der Waals surface area contributed by atoms with Gasteiger partial charge in [-0.3, -0.25) is 4.79 Å². The van der Waals surface area contributed by atoms with Crippen molar-refractivity contribution in [2.45, 2.75) is 44.6 Å². The van der Waals surface area contributed by atoms with Crippen LogP contribution in [0.2, 0.25) is 0 Å². The lowest BCUT2D eigenvalue weighted by molar-refractivity contribution is -0.143. The molecule has 0 unspecified atom stereocenters. The lowest BCUT2D eigenvalue weighted by atomic mass is 9.84. The molecule has 1 heterocycles. The van der Waals surface area contributed by atoms with E-state index in [2.05, 4.69) is 11.0 Å². The van der Waals surface area contributed by atoms with Gasteiger partial charge in [0.25, 0.3) is 0 Å². The van der Waals surface area contributed by atoms with Crippen LogP contribution in [0.5, 0.6) is 0 Å². The minimum Gasteiger partial charge on any atom is -0.481 e. The van der Waals surface area contributed by atoms with Crippen LogP contribution in [0.15, 0.2) is 0 Å². The Morgan fingerprint density at radius 2 is 1.71 bits per heavy atom. The standard InChI is InChI=1S/C13H20N2O2/c14-9-10-5-7-15(8-6-10)12-3-1-11(2-4-12)13(16)17/h10-12H,1-8H2,(H,16,17). The van der Waals surface area contributed by atoms with Gasteiger partial charge >= 0.3 is 5.97 Å². The number of piperidine rings is 1. The van der Waals surface area contributed by atoms with Crippen LogP contribution in [-0.2, 0) is 4.79 Å². The average molecular weight is 236 g/mol. The highest BCUT2D eigenvalue weighted by molar-refractivity contribution is 5.70. The van der Waals surface area contributed by atoms with E-state index in [1.165, 1.54) is 0 Å². The molecule has 0 aromatic heterocycles. The SMILES string of the molecule is N#CC1CCN(C2CCC(C(=O)O)CC2)CC1. The van der Waals surface area contributed by atoms with Crippen molar-refractivity contribution in [1.29, 1.82) is 5.26 Å². The van der Waals surface area contributed by atoms with Crippen molar-refractivity contribution in [2.75, 3.05) is 13.1 Å². The summed E-state index contributed by atoms with van der Waals surface area (Å²) in [4.78, 5) is 13.3.